The number of carbonyl (C=O) groups excluding carboxylic acids is 5. The summed E-state index contributed by atoms with van der Waals surface area (Å²) in [7, 11) is 0. The highest BCUT2D eigenvalue weighted by Gasteiger charge is 2.44. The highest BCUT2D eigenvalue weighted by atomic mass is 16.6. The molecule has 2 fully saturated rings. The quantitative estimate of drug-likeness (QED) is 0.483. The Morgan fingerprint density at radius 1 is 1.07 bits per heavy atom. The number of nitrogens with one attached hydrogen (secondary N) is 1. The van der Waals surface area contributed by atoms with Crippen molar-refractivity contribution < 1.29 is 28.7 Å². The van der Waals surface area contributed by atoms with E-state index in [4.69, 9.17) is 4.74 Å². The number of piperidine rings is 2. The molecule has 4 rings (SSSR count). The molecule has 0 spiro atoms. The summed E-state index contributed by atoms with van der Waals surface area (Å²) in [5.74, 6) is -0.885. The van der Waals surface area contributed by atoms with E-state index in [2.05, 4.69) is 17.1 Å². The summed E-state index contributed by atoms with van der Waals surface area (Å²) in [4.78, 5) is 67.4. The van der Waals surface area contributed by atoms with Gasteiger partial charge in [-0.1, -0.05) is 6.92 Å². The molecule has 3 aliphatic heterocycles. The molecule has 2 saturated heterocycles. The van der Waals surface area contributed by atoms with Gasteiger partial charge < -0.3 is 14.5 Å². The van der Waals surface area contributed by atoms with Gasteiger partial charge in [0, 0.05) is 38.3 Å². The van der Waals surface area contributed by atoms with Gasteiger partial charge in [0.25, 0.3) is 11.8 Å². The molecule has 1 N–H and O–H groups in total. The lowest BCUT2D eigenvalue weighted by atomic mass is 9.86. The van der Waals surface area contributed by atoms with Gasteiger partial charge in [-0.25, -0.2) is 4.79 Å². The van der Waals surface area contributed by atoms with Crippen molar-refractivity contribution in [2.75, 3.05) is 31.1 Å². The number of rotatable bonds is 8. The van der Waals surface area contributed by atoms with Crippen LogP contribution in [0.4, 0.5) is 10.5 Å². The summed E-state index contributed by atoms with van der Waals surface area (Å²) in [6.45, 7) is 12.9. The molecule has 40 heavy (non-hydrogen) atoms. The molecule has 2 unspecified atom stereocenters. The van der Waals surface area contributed by atoms with E-state index in [-0.39, 0.29) is 24.8 Å². The first-order chi connectivity index (χ1) is 18.9. The van der Waals surface area contributed by atoms with Gasteiger partial charge in [0.05, 0.1) is 11.1 Å². The zero-order valence-electron chi connectivity index (χ0n) is 24.3. The van der Waals surface area contributed by atoms with Crippen molar-refractivity contribution in [2.45, 2.75) is 84.8 Å². The number of carbonyl (C=O) groups is 5. The van der Waals surface area contributed by atoms with Gasteiger partial charge in [-0.3, -0.25) is 29.4 Å². The van der Waals surface area contributed by atoms with Crippen molar-refractivity contribution >= 4 is 35.4 Å². The van der Waals surface area contributed by atoms with Crippen molar-refractivity contribution in [3.8, 4) is 0 Å². The molecule has 0 saturated carbocycles. The Labute approximate surface area is 236 Å². The van der Waals surface area contributed by atoms with Crippen molar-refractivity contribution in [1.82, 2.24) is 15.1 Å². The first-order valence-corrected chi connectivity index (χ1v) is 14.5. The summed E-state index contributed by atoms with van der Waals surface area (Å²) in [5.41, 5.74) is 1.01. The third-order valence-electron chi connectivity index (χ3n) is 8.06. The van der Waals surface area contributed by atoms with Gasteiger partial charge in [0.1, 0.15) is 11.6 Å². The van der Waals surface area contributed by atoms with E-state index in [9.17, 15) is 24.0 Å². The van der Waals surface area contributed by atoms with Crippen LogP contribution >= 0.6 is 0 Å². The van der Waals surface area contributed by atoms with Crippen LogP contribution in [0.2, 0.25) is 0 Å². The Morgan fingerprint density at radius 3 is 2.38 bits per heavy atom. The van der Waals surface area contributed by atoms with Crippen LogP contribution in [0.3, 0.4) is 0 Å². The predicted octanol–water partition coefficient (Wildman–Crippen LogP) is 3.98. The average molecular weight is 555 g/mol. The van der Waals surface area contributed by atoms with E-state index >= 15 is 0 Å². The summed E-state index contributed by atoms with van der Waals surface area (Å²) in [5, 5.41) is 2.23. The minimum absolute atomic E-state index is 0.100. The van der Waals surface area contributed by atoms with Crippen LogP contribution in [0.1, 0.15) is 93.9 Å². The molecule has 0 radical (unpaired) electrons. The molecule has 1 aromatic carbocycles. The highest BCUT2D eigenvalue weighted by Crippen LogP contribution is 2.33. The minimum atomic E-state index is -0.958. The van der Waals surface area contributed by atoms with Gasteiger partial charge in [0.15, 0.2) is 0 Å². The van der Waals surface area contributed by atoms with E-state index in [0.29, 0.717) is 36.1 Å². The van der Waals surface area contributed by atoms with Crippen LogP contribution in [-0.2, 0) is 14.3 Å². The summed E-state index contributed by atoms with van der Waals surface area (Å²) in [6, 6.07) is 4.35. The largest absolute Gasteiger partial charge is 0.444 e. The standard InChI is InChI=1S/C30H42N4O6/c1-6-32(29(39)40-30(3,4)5)14-11-19(2)17-20-12-15-33(16-13-20)21-7-8-22-23(18-21)28(38)34(27(22)37)24-9-10-25(35)31-26(24)36/h7-8,18-20,24H,6,9-17H2,1-5H3,(H,31,35,36). The molecule has 3 heterocycles. The maximum atomic E-state index is 13.2. The lowest BCUT2D eigenvalue weighted by Gasteiger charge is -2.35. The van der Waals surface area contributed by atoms with Crippen LogP contribution in [0.15, 0.2) is 18.2 Å². The molecule has 5 amide bonds. The molecule has 0 aliphatic carbocycles. The third kappa shape index (κ3) is 6.64. The van der Waals surface area contributed by atoms with Crippen molar-refractivity contribution in [3.63, 3.8) is 0 Å². The van der Waals surface area contributed by atoms with Gasteiger partial charge >= 0.3 is 6.09 Å². The smallest absolute Gasteiger partial charge is 0.410 e. The zero-order chi connectivity index (χ0) is 29.2. The SMILES string of the molecule is CCN(CCC(C)CC1CCN(c2ccc3c(c2)C(=O)N(C2CCC(=O)NC2=O)C3=O)CC1)C(=O)OC(C)(C)C. The lowest BCUT2D eigenvalue weighted by Crippen LogP contribution is -2.54. The number of hydrogen-bond acceptors (Lipinski definition) is 7. The Kier molecular flexibility index (Phi) is 8.85. The van der Waals surface area contributed by atoms with E-state index in [0.717, 1.165) is 49.4 Å². The second-order valence-electron chi connectivity index (χ2n) is 12.3. The molecule has 0 bridgehead atoms. The predicted molar refractivity (Wildman–Crippen MR) is 150 cm³/mol. The fraction of sp³-hybridized carbons (Fsp3) is 0.633. The normalized spacial score (nSPS) is 20.9. The molecular formula is C30H42N4O6. The number of benzene rings is 1. The fourth-order valence-corrected chi connectivity index (χ4v) is 5.85. The average Bonchev–Trinajstić information content (AvgIpc) is 3.13. The third-order valence-corrected chi connectivity index (χ3v) is 8.06. The molecule has 10 nitrogen and oxygen atoms in total. The Morgan fingerprint density at radius 2 is 1.75 bits per heavy atom. The van der Waals surface area contributed by atoms with Crippen LogP contribution in [-0.4, -0.2) is 77.3 Å². The van der Waals surface area contributed by atoms with Crippen LogP contribution in [0.5, 0.6) is 0 Å². The number of nitrogens with zero attached hydrogens (tertiary/aromatic N) is 3. The Balaban J connectivity index is 1.29. The number of amides is 5. The van der Waals surface area contributed by atoms with E-state index in [1.807, 2.05) is 33.8 Å². The van der Waals surface area contributed by atoms with E-state index in [1.54, 1.807) is 17.0 Å². The van der Waals surface area contributed by atoms with E-state index in [1.165, 1.54) is 0 Å². The van der Waals surface area contributed by atoms with Crippen molar-refractivity contribution in [1.29, 1.82) is 0 Å². The molecule has 1 aromatic rings. The second-order valence-corrected chi connectivity index (χ2v) is 12.3. The number of anilines is 1. The molecule has 3 aliphatic rings. The second kappa shape index (κ2) is 12.0. The van der Waals surface area contributed by atoms with Crippen molar-refractivity contribution in [2.24, 2.45) is 11.8 Å². The topological polar surface area (TPSA) is 116 Å². The minimum Gasteiger partial charge on any atom is -0.444 e. The van der Waals surface area contributed by atoms with Crippen LogP contribution in [0.25, 0.3) is 0 Å². The summed E-state index contributed by atoms with van der Waals surface area (Å²) >= 11 is 0. The van der Waals surface area contributed by atoms with Gasteiger partial charge in [-0.2, -0.15) is 0 Å². The maximum Gasteiger partial charge on any atom is 0.410 e. The van der Waals surface area contributed by atoms with Gasteiger partial charge in [-0.15, -0.1) is 0 Å². The molecule has 218 valence electrons. The first-order valence-electron chi connectivity index (χ1n) is 14.5. The van der Waals surface area contributed by atoms with E-state index < -0.39 is 29.4 Å². The Hall–Kier alpha value is -3.43. The summed E-state index contributed by atoms with van der Waals surface area (Å²) in [6.07, 6.45) is 4.07. The Bertz CT molecular complexity index is 1170. The molecule has 10 heteroatoms. The highest BCUT2D eigenvalue weighted by molar-refractivity contribution is 6.23. The van der Waals surface area contributed by atoms with Gasteiger partial charge in [0.2, 0.25) is 11.8 Å². The fourth-order valence-electron chi connectivity index (χ4n) is 5.85. The number of ether oxygens (including phenoxy) is 1. The van der Waals surface area contributed by atoms with Gasteiger partial charge in [-0.05, 0) is 89.8 Å². The van der Waals surface area contributed by atoms with Crippen LogP contribution in [0, 0.1) is 11.8 Å². The van der Waals surface area contributed by atoms with Crippen LogP contribution < -0.4 is 10.2 Å². The molecule has 2 atom stereocenters. The summed E-state index contributed by atoms with van der Waals surface area (Å²) < 4.78 is 5.52. The molecular weight excluding hydrogens is 512 g/mol. The van der Waals surface area contributed by atoms with Crippen molar-refractivity contribution in [3.05, 3.63) is 29.3 Å². The molecule has 0 aromatic heterocycles. The zero-order valence-corrected chi connectivity index (χ0v) is 24.3. The monoisotopic (exact) mass is 554 g/mol. The lowest BCUT2D eigenvalue weighted by molar-refractivity contribution is -0.136. The maximum absolute atomic E-state index is 13.2. The number of fused-ring (bicyclic) bond motifs is 1. The number of imide groups is 2. The first kappa shape index (κ1) is 29.6. The number of hydrogen-bond donors (Lipinski definition) is 1.